The van der Waals surface area contributed by atoms with Crippen molar-refractivity contribution in [1.29, 1.82) is 0 Å². The van der Waals surface area contributed by atoms with E-state index in [0.717, 1.165) is 0 Å². The van der Waals surface area contributed by atoms with E-state index in [4.69, 9.17) is 0 Å². The summed E-state index contributed by atoms with van der Waals surface area (Å²) < 4.78 is 25.3. The maximum absolute atomic E-state index is 12.6. The lowest BCUT2D eigenvalue weighted by molar-refractivity contribution is -0.0570. The fraction of sp³-hybridized carbons (Fsp3) is 0.778. The molecule has 1 unspecified atom stereocenters. The van der Waals surface area contributed by atoms with E-state index in [2.05, 4.69) is 6.58 Å². The molecule has 1 fully saturated rings. The molecule has 12 heavy (non-hydrogen) atoms. The van der Waals surface area contributed by atoms with E-state index < -0.39 is 12.0 Å². The Balaban J connectivity index is 2.40. The number of rotatable bonds is 2. The van der Waals surface area contributed by atoms with E-state index >= 15 is 0 Å². The molecule has 1 aliphatic carbocycles. The van der Waals surface area contributed by atoms with Crippen LogP contribution in [-0.4, -0.2) is 17.1 Å². The number of alkyl halides is 2. The summed E-state index contributed by atoms with van der Waals surface area (Å²) in [6, 6.07) is 0. The van der Waals surface area contributed by atoms with E-state index in [0.29, 0.717) is 12.8 Å². The van der Waals surface area contributed by atoms with Crippen molar-refractivity contribution < 1.29 is 13.9 Å². The van der Waals surface area contributed by atoms with Crippen LogP contribution in [0.15, 0.2) is 12.7 Å². The van der Waals surface area contributed by atoms with Gasteiger partial charge in [-0.2, -0.15) is 0 Å². The summed E-state index contributed by atoms with van der Waals surface area (Å²) in [6.07, 6.45) is 1.43. The molecule has 0 spiro atoms. The Labute approximate surface area is 71.1 Å². The number of hydrogen-bond donors (Lipinski definition) is 1. The van der Waals surface area contributed by atoms with Gasteiger partial charge in [-0.25, -0.2) is 8.78 Å². The van der Waals surface area contributed by atoms with Gasteiger partial charge in [-0.15, -0.1) is 6.58 Å². The quantitative estimate of drug-likeness (QED) is 0.640. The van der Waals surface area contributed by atoms with Gasteiger partial charge in [0.2, 0.25) is 5.92 Å². The molecule has 0 aliphatic heterocycles. The smallest absolute Gasteiger partial charge is 0.248 e. The lowest BCUT2D eigenvalue weighted by Gasteiger charge is -2.29. The van der Waals surface area contributed by atoms with Crippen LogP contribution in [-0.2, 0) is 0 Å². The van der Waals surface area contributed by atoms with Crippen molar-refractivity contribution in [2.45, 2.75) is 37.7 Å². The third kappa shape index (κ3) is 2.27. The van der Waals surface area contributed by atoms with Crippen LogP contribution in [0.4, 0.5) is 8.78 Å². The second-order valence-corrected chi connectivity index (χ2v) is 3.42. The van der Waals surface area contributed by atoms with Gasteiger partial charge in [0.1, 0.15) is 0 Å². The average Bonchev–Trinajstić information content (AvgIpc) is 2.03. The lowest BCUT2D eigenvalue weighted by atomic mass is 9.83. The first kappa shape index (κ1) is 9.65. The first-order valence-electron chi connectivity index (χ1n) is 4.23. The topological polar surface area (TPSA) is 20.2 Å². The molecule has 0 amide bonds. The zero-order chi connectivity index (χ0) is 9.19. The van der Waals surface area contributed by atoms with Gasteiger partial charge in [0.05, 0.1) is 6.10 Å². The van der Waals surface area contributed by atoms with Gasteiger partial charge < -0.3 is 5.11 Å². The Kier molecular flexibility index (Phi) is 2.83. The van der Waals surface area contributed by atoms with Crippen molar-refractivity contribution in [2.24, 2.45) is 5.92 Å². The Morgan fingerprint density at radius 1 is 1.42 bits per heavy atom. The standard InChI is InChI=1S/C9H14F2O/c1-2-8(12)7-3-5-9(10,11)6-4-7/h2,7-8,12H,1,3-6H2. The molecule has 0 aromatic rings. The molecule has 0 saturated heterocycles. The summed E-state index contributed by atoms with van der Waals surface area (Å²) in [7, 11) is 0. The monoisotopic (exact) mass is 176 g/mol. The lowest BCUT2D eigenvalue weighted by Crippen LogP contribution is -2.29. The molecule has 0 aromatic heterocycles. The Bertz CT molecular complexity index is 158. The van der Waals surface area contributed by atoms with Crippen molar-refractivity contribution in [3.8, 4) is 0 Å². The van der Waals surface area contributed by atoms with E-state index in [1.54, 1.807) is 0 Å². The summed E-state index contributed by atoms with van der Waals surface area (Å²) >= 11 is 0. The van der Waals surface area contributed by atoms with Crippen molar-refractivity contribution in [3.63, 3.8) is 0 Å². The summed E-state index contributed by atoms with van der Waals surface area (Å²) in [5, 5.41) is 9.29. The molecule has 1 saturated carbocycles. The minimum Gasteiger partial charge on any atom is -0.389 e. The largest absolute Gasteiger partial charge is 0.389 e. The molecule has 3 heteroatoms. The highest BCUT2D eigenvalue weighted by Crippen LogP contribution is 2.37. The third-order valence-corrected chi connectivity index (χ3v) is 2.49. The molecular weight excluding hydrogens is 162 g/mol. The predicted molar refractivity (Wildman–Crippen MR) is 43.1 cm³/mol. The van der Waals surface area contributed by atoms with Crippen molar-refractivity contribution in [1.82, 2.24) is 0 Å². The SMILES string of the molecule is C=CC(O)C1CCC(F)(F)CC1. The second-order valence-electron chi connectivity index (χ2n) is 3.42. The van der Waals surface area contributed by atoms with Crippen LogP contribution in [0, 0.1) is 5.92 Å². The Morgan fingerprint density at radius 2 is 1.92 bits per heavy atom. The molecule has 0 bridgehead atoms. The van der Waals surface area contributed by atoms with Crippen LogP contribution in [0.1, 0.15) is 25.7 Å². The van der Waals surface area contributed by atoms with Gasteiger partial charge in [-0.3, -0.25) is 0 Å². The van der Waals surface area contributed by atoms with Gasteiger partial charge in [0, 0.05) is 12.8 Å². The van der Waals surface area contributed by atoms with Gasteiger partial charge in [0.25, 0.3) is 0 Å². The highest BCUT2D eigenvalue weighted by atomic mass is 19.3. The van der Waals surface area contributed by atoms with Crippen molar-refractivity contribution in [3.05, 3.63) is 12.7 Å². The summed E-state index contributed by atoms with van der Waals surface area (Å²) in [6.45, 7) is 3.43. The van der Waals surface area contributed by atoms with Crippen LogP contribution >= 0.6 is 0 Å². The minimum absolute atomic E-state index is 0.0119. The molecule has 1 N–H and O–H groups in total. The summed E-state index contributed by atoms with van der Waals surface area (Å²) in [5.41, 5.74) is 0. The molecule has 0 heterocycles. The molecule has 70 valence electrons. The maximum Gasteiger partial charge on any atom is 0.248 e. The summed E-state index contributed by atoms with van der Waals surface area (Å²) in [5.74, 6) is -2.51. The second kappa shape index (κ2) is 3.52. The predicted octanol–water partition coefficient (Wildman–Crippen LogP) is 2.36. The molecular formula is C9H14F2O. The van der Waals surface area contributed by atoms with Crippen molar-refractivity contribution >= 4 is 0 Å². The van der Waals surface area contributed by atoms with Crippen LogP contribution < -0.4 is 0 Å². The van der Waals surface area contributed by atoms with Crippen molar-refractivity contribution in [2.75, 3.05) is 0 Å². The van der Waals surface area contributed by atoms with E-state index in [1.165, 1.54) is 6.08 Å². The first-order chi connectivity index (χ1) is 5.55. The van der Waals surface area contributed by atoms with Crippen LogP contribution in [0.2, 0.25) is 0 Å². The average molecular weight is 176 g/mol. The molecule has 1 aliphatic rings. The molecule has 1 atom stereocenters. The van der Waals surface area contributed by atoms with Gasteiger partial charge in [-0.1, -0.05) is 6.08 Å². The van der Waals surface area contributed by atoms with Gasteiger partial charge in [-0.05, 0) is 18.8 Å². The van der Waals surface area contributed by atoms with Gasteiger partial charge >= 0.3 is 0 Å². The fourth-order valence-corrected chi connectivity index (χ4v) is 1.60. The fourth-order valence-electron chi connectivity index (χ4n) is 1.60. The van der Waals surface area contributed by atoms with Crippen LogP contribution in [0.3, 0.4) is 0 Å². The Hall–Kier alpha value is -0.440. The Morgan fingerprint density at radius 3 is 2.33 bits per heavy atom. The zero-order valence-corrected chi connectivity index (χ0v) is 6.97. The number of aliphatic hydroxyl groups is 1. The van der Waals surface area contributed by atoms with E-state index in [1.807, 2.05) is 0 Å². The maximum atomic E-state index is 12.6. The summed E-state index contributed by atoms with van der Waals surface area (Å²) in [4.78, 5) is 0. The number of aliphatic hydroxyl groups excluding tert-OH is 1. The van der Waals surface area contributed by atoms with Crippen LogP contribution in [0.25, 0.3) is 0 Å². The molecule has 1 rings (SSSR count). The highest BCUT2D eigenvalue weighted by molar-refractivity contribution is 4.89. The third-order valence-electron chi connectivity index (χ3n) is 2.49. The zero-order valence-electron chi connectivity index (χ0n) is 6.97. The molecule has 0 radical (unpaired) electrons. The number of hydrogen-bond acceptors (Lipinski definition) is 1. The molecule has 0 aromatic carbocycles. The highest BCUT2D eigenvalue weighted by Gasteiger charge is 2.36. The minimum atomic E-state index is -2.50. The normalized spacial score (nSPS) is 26.6. The van der Waals surface area contributed by atoms with Gasteiger partial charge in [0.15, 0.2) is 0 Å². The van der Waals surface area contributed by atoms with Crippen LogP contribution in [0.5, 0.6) is 0 Å². The van der Waals surface area contributed by atoms with E-state index in [9.17, 15) is 13.9 Å². The number of halogens is 2. The first-order valence-corrected chi connectivity index (χ1v) is 4.23. The van der Waals surface area contributed by atoms with E-state index in [-0.39, 0.29) is 18.8 Å². The molecule has 1 nitrogen and oxygen atoms in total.